The van der Waals surface area contributed by atoms with Crippen molar-refractivity contribution in [2.75, 3.05) is 6.61 Å². The Morgan fingerprint density at radius 1 is 0.974 bits per heavy atom. The van der Waals surface area contributed by atoms with Crippen molar-refractivity contribution in [3.05, 3.63) is 82.4 Å². The van der Waals surface area contributed by atoms with E-state index in [1.54, 1.807) is 18.2 Å². The molecule has 1 fully saturated rings. The van der Waals surface area contributed by atoms with Gasteiger partial charge in [-0.3, -0.25) is 0 Å². The van der Waals surface area contributed by atoms with Crippen LogP contribution >= 0.6 is 11.3 Å². The van der Waals surface area contributed by atoms with Crippen molar-refractivity contribution in [2.45, 2.75) is 44.8 Å². The lowest BCUT2D eigenvalue weighted by Gasteiger charge is -2.26. The second-order valence-corrected chi connectivity index (χ2v) is 10.5. The van der Waals surface area contributed by atoms with Gasteiger partial charge in [0.2, 0.25) is 5.01 Å². The van der Waals surface area contributed by atoms with Crippen LogP contribution in [0.1, 0.15) is 36.8 Å². The highest BCUT2D eigenvalue weighted by Gasteiger charge is 2.39. The summed E-state index contributed by atoms with van der Waals surface area (Å²) >= 11 is 0.593. The molecule has 4 aromatic rings. The molecule has 10 heteroatoms. The summed E-state index contributed by atoms with van der Waals surface area (Å²) in [5.74, 6) is -5.86. The molecule has 2 unspecified atom stereocenters. The average Bonchev–Trinajstić information content (AvgIpc) is 3.31. The van der Waals surface area contributed by atoms with E-state index in [1.165, 1.54) is 12.1 Å². The number of aryl methyl sites for hydroxylation is 1. The highest BCUT2D eigenvalue weighted by molar-refractivity contribution is 7.18. The first-order valence-electron chi connectivity index (χ1n) is 12.1. The van der Waals surface area contributed by atoms with Gasteiger partial charge in [0.05, 0.1) is 16.3 Å². The molecule has 0 bridgehead atoms. The molecular weight excluding hydrogens is 528 g/mol. The maximum Gasteiger partial charge on any atom is 0.454 e. The molecule has 200 valence electrons. The number of thiazole rings is 1. The second-order valence-electron chi connectivity index (χ2n) is 9.51. The van der Waals surface area contributed by atoms with Gasteiger partial charge in [-0.2, -0.15) is 8.78 Å². The Morgan fingerprint density at radius 2 is 1.74 bits per heavy atom. The normalized spacial score (nSPS) is 18.2. The number of ether oxygens (including phenoxy) is 2. The van der Waals surface area contributed by atoms with Crippen molar-refractivity contribution in [3.8, 4) is 16.9 Å². The number of halogens is 6. The van der Waals surface area contributed by atoms with E-state index in [4.69, 9.17) is 4.74 Å². The molecule has 1 aromatic heterocycles. The van der Waals surface area contributed by atoms with E-state index in [9.17, 15) is 22.0 Å². The number of rotatable bonds is 7. The second kappa shape index (κ2) is 10.6. The van der Waals surface area contributed by atoms with Gasteiger partial charge in [-0.1, -0.05) is 25.1 Å². The molecule has 0 amide bonds. The zero-order valence-corrected chi connectivity index (χ0v) is 21.1. The molecule has 1 aliphatic heterocycles. The molecule has 0 radical (unpaired) electrons. The van der Waals surface area contributed by atoms with Crippen molar-refractivity contribution in [2.24, 2.45) is 5.92 Å². The maximum atomic E-state index is 15.0. The summed E-state index contributed by atoms with van der Waals surface area (Å²) in [5.41, 5.74) is 1.86. The quantitative estimate of drug-likeness (QED) is 0.171. The number of benzene rings is 3. The molecule has 38 heavy (non-hydrogen) atoms. The molecule has 0 N–H and O–H groups in total. The minimum absolute atomic E-state index is 0.181. The third kappa shape index (κ3) is 5.66. The number of hydrogen-bond acceptors (Lipinski definition) is 4. The largest absolute Gasteiger partial charge is 0.454 e. The Bertz CT molecular complexity index is 1440. The minimum Gasteiger partial charge on any atom is -0.427 e. The number of hydrogen-bond donors (Lipinski definition) is 0. The van der Waals surface area contributed by atoms with Gasteiger partial charge in [0, 0.05) is 24.3 Å². The van der Waals surface area contributed by atoms with Crippen LogP contribution in [0.2, 0.25) is 0 Å². The van der Waals surface area contributed by atoms with E-state index >= 15 is 4.39 Å². The predicted molar refractivity (Wildman–Crippen MR) is 132 cm³/mol. The topological polar surface area (TPSA) is 31.4 Å². The minimum atomic E-state index is -4.05. The van der Waals surface area contributed by atoms with Crippen molar-refractivity contribution in [3.63, 3.8) is 0 Å². The summed E-state index contributed by atoms with van der Waals surface area (Å²) in [4.78, 5) is 3.86. The lowest BCUT2D eigenvalue weighted by atomic mass is 9.95. The monoisotopic (exact) mass is 551 g/mol. The number of alkyl halides is 2. The van der Waals surface area contributed by atoms with E-state index in [0.717, 1.165) is 31.4 Å². The predicted octanol–water partition coefficient (Wildman–Crippen LogP) is 8.40. The first-order chi connectivity index (χ1) is 18.1. The third-order valence-electron chi connectivity index (χ3n) is 6.54. The molecular formula is C28H23F6NO2S. The molecule has 2 atom stereocenters. The molecule has 1 aliphatic rings. The fraction of sp³-hybridized carbons (Fsp3) is 0.321. The van der Waals surface area contributed by atoms with Crippen molar-refractivity contribution in [1.29, 1.82) is 0 Å². The first kappa shape index (κ1) is 26.5. The van der Waals surface area contributed by atoms with Gasteiger partial charge in [-0.15, -0.1) is 11.3 Å². The molecule has 1 saturated heterocycles. The molecule has 0 spiro atoms. The summed E-state index contributed by atoms with van der Waals surface area (Å²) in [6.45, 7) is 2.91. The molecule has 3 nitrogen and oxygen atoms in total. The molecule has 2 heterocycles. The zero-order valence-electron chi connectivity index (χ0n) is 20.2. The number of fused-ring (bicyclic) bond motifs is 1. The summed E-state index contributed by atoms with van der Waals surface area (Å²) in [7, 11) is 0. The van der Waals surface area contributed by atoms with Gasteiger partial charge >= 0.3 is 6.11 Å². The van der Waals surface area contributed by atoms with Crippen LogP contribution in [0, 0.1) is 29.2 Å². The van der Waals surface area contributed by atoms with Crippen molar-refractivity contribution < 1.29 is 35.8 Å². The average molecular weight is 552 g/mol. The van der Waals surface area contributed by atoms with E-state index in [2.05, 4.69) is 16.6 Å². The molecule has 5 rings (SSSR count). The fourth-order valence-corrected chi connectivity index (χ4v) is 5.36. The number of nitrogens with zero attached hydrogens (tertiary/aromatic N) is 1. The summed E-state index contributed by atoms with van der Waals surface area (Å²) < 4.78 is 95.0. The number of aromatic nitrogens is 1. The van der Waals surface area contributed by atoms with E-state index in [-0.39, 0.29) is 11.6 Å². The van der Waals surface area contributed by atoms with Crippen LogP contribution in [0.25, 0.3) is 21.3 Å². The van der Waals surface area contributed by atoms with E-state index in [1.807, 2.05) is 6.07 Å². The van der Waals surface area contributed by atoms with Gasteiger partial charge < -0.3 is 9.47 Å². The van der Waals surface area contributed by atoms with Crippen LogP contribution in [0.5, 0.6) is 5.75 Å². The molecule has 0 saturated carbocycles. The Balaban J connectivity index is 1.32. The van der Waals surface area contributed by atoms with Crippen LogP contribution in [0.15, 0.2) is 48.5 Å². The van der Waals surface area contributed by atoms with Crippen molar-refractivity contribution in [1.82, 2.24) is 4.98 Å². The van der Waals surface area contributed by atoms with Gasteiger partial charge in [0.25, 0.3) is 0 Å². The standard InChI is InChI=1S/C28H23F6NO2S/c1-15-2-6-18(36-14-15)7-3-16-4-8-20(21(29)10-16)17-5-9-24-25(11-17)38-27(35-24)28(33,34)37-19-12-22(30)26(32)23(31)13-19/h4-5,8-13,15,18H,2-3,6-7,14H2,1H3. The fourth-order valence-electron chi connectivity index (χ4n) is 4.44. The highest BCUT2D eigenvalue weighted by atomic mass is 32.1. The summed E-state index contributed by atoms with van der Waals surface area (Å²) in [6, 6.07) is 10.2. The first-order valence-corrected chi connectivity index (χ1v) is 12.9. The molecule has 0 aliphatic carbocycles. The van der Waals surface area contributed by atoms with E-state index < -0.39 is 40.1 Å². The van der Waals surface area contributed by atoms with Crippen molar-refractivity contribution >= 4 is 21.6 Å². The SMILES string of the molecule is CC1CCC(CCc2ccc(-c3ccc4nc(C(F)(F)Oc5cc(F)c(F)c(F)c5)sc4c3)c(F)c2)OC1. The summed E-state index contributed by atoms with van der Waals surface area (Å²) in [5, 5.41) is -0.773. The Labute approximate surface area is 219 Å². The van der Waals surface area contributed by atoms with Gasteiger partial charge in [-0.25, -0.2) is 22.5 Å². The van der Waals surface area contributed by atoms with Crippen LogP contribution in [0.4, 0.5) is 26.3 Å². The smallest absolute Gasteiger partial charge is 0.427 e. The third-order valence-corrected chi connectivity index (χ3v) is 7.61. The van der Waals surface area contributed by atoms with Crippen LogP contribution in [-0.2, 0) is 17.3 Å². The van der Waals surface area contributed by atoms with Crippen LogP contribution in [-0.4, -0.2) is 17.7 Å². The lowest BCUT2D eigenvalue weighted by Crippen LogP contribution is -2.24. The highest BCUT2D eigenvalue weighted by Crippen LogP contribution is 2.38. The van der Waals surface area contributed by atoms with Gasteiger partial charge in [-0.05, 0) is 60.9 Å². The zero-order chi connectivity index (χ0) is 27.0. The van der Waals surface area contributed by atoms with Crippen LogP contribution < -0.4 is 4.74 Å². The van der Waals surface area contributed by atoms with Gasteiger partial charge in [0.1, 0.15) is 11.6 Å². The van der Waals surface area contributed by atoms with E-state index in [0.29, 0.717) is 51.6 Å². The summed E-state index contributed by atoms with van der Waals surface area (Å²) in [6.07, 6.45) is -0.242. The maximum absolute atomic E-state index is 15.0. The molecule has 3 aromatic carbocycles. The Kier molecular flexibility index (Phi) is 7.37. The lowest BCUT2D eigenvalue weighted by molar-refractivity contribution is -0.185. The Hall–Kier alpha value is -3.11. The van der Waals surface area contributed by atoms with Crippen LogP contribution in [0.3, 0.4) is 0 Å². The Morgan fingerprint density at radius 3 is 2.42 bits per heavy atom. The van der Waals surface area contributed by atoms with Gasteiger partial charge in [0.15, 0.2) is 17.5 Å².